The van der Waals surface area contributed by atoms with Crippen molar-refractivity contribution in [1.29, 1.82) is 0 Å². The van der Waals surface area contributed by atoms with Crippen LogP contribution in [0.25, 0.3) is 0 Å². The van der Waals surface area contributed by atoms with Gasteiger partial charge in [0.25, 0.3) is 0 Å². The minimum absolute atomic E-state index is 0.463. The van der Waals surface area contributed by atoms with E-state index in [0.717, 1.165) is 12.0 Å². The quantitative estimate of drug-likeness (QED) is 0.325. The summed E-state index contributed by atoms with van der Waals surface area (Å²) in [4.78, 5) is 2.91. The molecular formula is C26H53N. The smallest absolute Gasteiger partial charge is 0.00723 e. The zero-order valence-electron chi connectivity index (χ0n) is 20.2. The van der Waals surface area contributed by atoms with Crippen molar-refractivity contribution >= 4 is 0 Å². The molecule has 2 unspecified atom stereocenters. The van der Waals surface area contributed by atoms with Crippen LogP contribution in [0.5, 0.6) is 0 Å². The normalized spacial score (nSPS) is 24.8. The van der Waals surface area contributed by atoms with E-state index in [1.165, 1.54) is 96.6 Å². The second kappa shape index (κ2) is 12.5. The SMILES string of the molecule is CCCCCCC(CCCCC)CN1CC(C)(C)CCCC(C)(C)CC1C. The Kier molecular flexibility index (Phi) is 11.6. The van der Waals surface area contributed by atoms with Crippen LogP contribution in [-0.2, 0) is 0 Å². The van der Waals surface area contributed by atoms with E-state index in [9.17, 15) is 0 Å². The van der Waals surface area contributed by atoms with E-state index >= 15 is 0 Å². The molecule has 0 radical (unpaired) electrons. The van der Waals surface area contributed by atoms with Crippen molar-refractivity contribution in [3.05, 3.63) is 0 Å². The van der Waals surface area contributed by atoms with E-state index in [1.54, 1.807) is 0 Å². The minimum Gasteiger partial charge on any atom is -0.300 e. The number of rotatable bonds is 11. The summed E-state index contributed by atoms with van der Waals surface area (Å²) in [6, 6.07) is 0.724. The number of unbranched alkanes of at least 4 members (excludes halogenated alkanes) is 5. The summed E-state index contributed by atoms with van der Waals surface area (Å²) in [5, 5.41) is 0. The van der Waals surface area contributed by atoms with Crippen molar-refractivity contribution in [2.45, 2.75) is 138 Å². The third-order valence-electron chi connectivity index (χ3n) is 6.98. The van der Waals surface area contributed by atoms with E-state index in [-0.39, 0.29) is 0 Å². The Morgan fingerprint density at radius 2 is 1.37 bits per heavy atom. The van der Waals surface area contributed by atoms with Gasteiger partial charge >= 0.3 is 0 Å². The molecule has 1 saturated heterocycles. The Morgan fingerprint density at radius 1 is 0.815 bits per heavy atom. The van der Waals surface area contributed by atoms with Crippen molar-refractivity contribution in [3.63, 3.8) is 0 Å². The molecule has 0 bridgehead atoms. The average Bonchev–Trinajstić information content (AvgIpc) is 2.59. The summed E-state index contributed by atoms with van der Waals surface area (Å²) >= 11 is 0. The van der Waals surface area contributed by atoms with Crippen LogP contribution >= 0.6 is 0 Å². The van der Waals surface area contributed by atoms with Gasteiger partial charge in [-0.25, -0.2) is 0 Å². The highest BCUT2D eigenvalue weighted by atomic mass is 15.2. The van der Waals surface area contributed by atoms with Crippen LogP contribution in [0, 0.1) is 16.7 Å². The molecule has 0 aliphatic carbocycles. The fourth-order valence-electron chi connectivity index (χ4n) is 5.31. The highest BCUT2D eigenvalue weighted by Crippen LogP contribution is 2.37. The maximum atomic E-state index is 2.91. The number of nitrogens with zero attached hydrogens (tertiary/aromatic N) is 1. The van der Waals surface area contributed by atoms with Gasteiger partial charge in [0, 0.05) is 19.1 Å². The fraction of sp³-hybridized carbons (Fsp3) is 1.00. The van der Waals surface area contributed by atoms with Crippen molar-refractivity contribution in [2.75, 3.05) is 13.1 Å². The first-order valence-corrected chi connectivity index (χ1v) is 12.4. The maximum absolute atomic E-state index is 2.91. The molecule has 162 valence electrons. The third kappa shape index (κ3) is 10.9. The number of hydrogen-bond acceptors (Lipinski definition) is 1. The summed E-state index contributed by atoms with van der Waals surface area (Å²) in [7, 11) is 0. The highest BCUT2D eigenvalue weighted by molar-refractivity contribution is 4.85. The van der Waals surface area contributed by atoms with Gasteiger partial charge in [-0.2, -0.15) is 0 Å². The van der Waals surface area contributed by atoms with Crippen LogP contribution < -0.4 is 0 Å². The lowest BCUT2D eigenvalue weighted by Crippen LogP contribution is -2.43. The zero-order chi connectivity index (χ0) is 20.3. The molecule has 27 heavy (non-hydrogen) atoms. The van der Waals surface area contributed by atoms with Crippen LogP contribution in [0.15, 0.2) is 0 Å². The van der Waals surface area contributed by atoms with Gasteiger partial charge in [-0.05, 0) is 55.8 Å². The molecule has 2 atom stereocenters. The van der Waals surface area contributed by atoms with E-state index in [4.69, 9.17) is 0 Å². The molecule has 1 aliphatic rings. The first-order valence-electron chi connectivity index (χ1n) is 12.4. The fourth-order valence-corrected chi connectivity index (χ4v) is 5.31. The second-order valence-corrected chi connectivity index (χ2v) is 11.4. The van der Waals surface area contributed by atoms with Crippen molar-refractivity contribution in [1.82, 2.24) is 4.90 Å². The molecule has 0 aromatic heterocycles. The average molecular weight is 380 g/mol. The lowest BCUT2D eigenvalue weighted by atomic mass is 9.80. The van der Waals surface area contributed by atoms with Crippen LogP contribution in [0.4, 0.5) is 0 Å². The highest BCUT2D eigenvalue weighted by Gasteiger charge is 2.32. The van der Waals surface area contributed by atoms with Crippen LogP contribution in [0.3, 0.4) is 0 Å². The second-order valence-electron chi connectivity index (χ2n) is 11.4. The molecule has 0 aromatic rings. The Labute approximate surface area is 173 Å². The lowest BCUT2D eigenvalue weighted by Gasteiger charge is -2.39. The van der Waals surface area contributed by atoms with Crippen molar-refractivity contribution < 1.29 is 0 Å². The summed E-state index contributed by atoms with van der Waals surface area (Å²) < 4.78 is 0. The molecule has 0 spiro atoms. The molecular weight excluding hydrogens is 326 g/mol. The first-order chi connectivity index (χ1) is 12.7. The van der Waals surface area contributed by atoms with Gasteiger partial charge in [0.1, 0.15) is 0 Å². The summed E-state index contributed by atoms with van der Waals surface area (Å²) in [5.41, 5.74) is 0.960. The zero-order valence-corrected chi connectivity index (χ0v) is 20.2. The third-order valence-corrected chi connectivity index (χ3v) is 6.98. The molecule has 0 N–H and O–H groups in total. The molecule has 1 rings (SSSR count). The molecule has 1 nitrogen and oxygen atoms in total. The van der Waals surface area contributed by atoms with Gasteiger partial charge in [0.05, 0.1) is 0 Å². The van der Waals surface area contributed by atoms with Gasteiger partial charge in [-0.15, -0.1) is 0 Å². The van der Waals surface area contributed by atoms with Crippen molar-refractivity contribution in [3.8, 4) is 0 Å². The standard InChI is InChI=1S/C26H53N/c1-8-10-12-14-17-24(16-13-11-9-2)21-27-22-26(6,7)19-15-18-25(4,5)20-23(27)3/h23-24H,8-22H2,1-7H3. The summed E-state index contributed by atoms with van der Waals surface area (Å²) in [5.74, 6) is 0.913. The Hall–Kier alpha value is -0.0400. The molecule has 0 saturated carbocycles. The molecule has 0 amide bonds. The van der Waals surface area contributed by atoms with Crippen LogP contribution in [0.1, 0.15) is 132 Å². The molecule has 1 heterocycles. The summed E-state index contributed by atoms with van der Waals surface area (Å²) in [6.45, 7) is 19.9. The first kappa shape index (κ1) is 25.0. The monoisotopic (exact) mass is 379 g/mol. The molecule has 1 aliphatic heterocycles. The lowest BCUT2D eigenvalue weighted by molar-refractivity contribution is 0.0926. The Bertz CT molecular complexity index is 370. The topological polar surface area (TPSA) is 3.24 Å². The predicted octanol–water partition coefficient (Wildman–Crippen LogP) is 8.47. The van der Waals surface area contributed by atoms with Gasteiger partial charge in [0.15, 0.2) is 0 Å². The maximum Gasteiger partial charge on any atom is 0.00723 e. The van der Waals surface area contributed by atoms with Gasteiger partial charge in [-0.3, -0.25) is 4.90 Å². The van der Waals surface area contributed by atoms with Gasteiger partial charge < -0.3 is 0 Å². The van der Waals surface area contributed by atoms with E-state index in [0.29, 0.717) is 10.8 Å². The summed E-state index contributed by atoms with van der Waals surface area (Å²) in [6.07, 6.45) is 18.3. The molecule has 0 aromatic carbocycles. The number of hydrogen-bond donors (Lipinski definition) is 0. The van der Waals surface area contributed by atoms with Gasteiger partial charge in [0.2, 0.25) is 0 Å². The van der Waals surface area contributed by atoms with Crippen LogP contribution in [-0.4, -0.2) is 24.0 Å². The Morgan fingerprint density at radius 3 is 2.00 bits per heavy atom. The van der Waals surface area contributed by atoms with E-state index in [2.05, 4.69) is 53.4 Å². The minimum atomic E-state index is 0.463. The van der Waals surface area contributed by atoms with Crippen molar-refractivity contribution in [2.24, 2.45) is 16.7 Å². The largest absolute Gasteiger partial charge is 0.300 e. The van der Waals surface area contributed by atoms with Gasteiger partial charge in [-0.1, -0.05) is 92.9 Å². The van der Waals surface area contributed by atoms with E-state index in [1.807, 2.05) is 0 Å². The van der Waals surface area contributed by atoms with Crippen LogP contribution in [0.2, 0.25) is 0 Å². The molecule has 1 heteroatoms. The molecule has 1 fully saturated rings. The van der Waals surface area contributed by atoms with E-state index < -0.39 is 0 Å². The Balaban J connectivity index is 2.77. The predicted molar refractivity (Wildman–Crippen MR) is 123 cm³/mol.